The van der Waals surface area contributed by atoms with Crippen molar-refractivity contribution in [1.82, 2.24) is 0 Å². The fraction of sp³-hybridized carbons (Fsp3) is 0.294. The van der Waals surface area contributed by atoms with Crippen LogP contribution in [0.4, 0.5) is 5.69 Å². The minimum absolute atomic E-state index is 0.398. The van der Waals surface area contributed by atoms with E-state index in [1.165, 1.54) is 36.0 Å². The lowest BCUT2D eigenvalue weighted by atomic mass is 9.87. The van der Waals surface area contributed by atoms with Crippen LogP contribution in [0.15, 0.2) is 45.3 Å². The van der Waals surface area contributed by atoms with Crippen LogP contribution in [-0.2, 0) is 6.42 Å². The molecule has 0 fully saturated rings. The molecule has 3 rings (SSSR count). The van der Waals surface area contributed by atoms with Gasteiger partial charge in [-0.05, 0) is 86.9 Å². The topological polar surface area (TPSA) is 12.0 Å². The zero-order valence-corrected chi connectivity index (χ0v) is 14.6. The van der Waals surface area contributed by atoms with Crippen molar-refractivity contribution >= 4 is 37.5 Å². The summed E-state index contributed by atoms with van der Waals surface area (Å²) in [6, 6.07) is 13.5. The predicted molar refractivity (Wildman–Crippen MR) is 92.3 cm³/mol. The van der Waals surface area contributed by atoms with E-state index in [0.717, 1.165) is 14.6 Å². The maximum Gasteiger partial charge on any atom is 0.0634 e. The zero-order chi connectivity index (χ0) is 14.1. The molecule has 1 atom stereocenters. The van der Waals surface area contributed by atoms with Crippen LogP contribution >= 0.6 is 31.9 Å². The SMILES string of the molecule is Cc1cc(Br)c(NC2CCCc3ccccc32)c(Br)c1. The molecule has 0 spiro atoms. The van der Waals surface area contributed by atoms with E-state index in [1.807, 2.05) is 0 Å². The number of rotatable bonds is 2. The maximum absolute atomic E-state index is 3.71. The molecular weight excluding hydrogens is 378 g/mol. The first-order valence-corrected chi connectivity index (χ1v) is 8.54. The quantitative estimate of drug-likeness (QED) is 0.657. The Labute approximate surface area is 137 Å². The molecule has 1 unspecified atom stereocenters. The van der Waals surface area contributed by atoms with E-state index >= 15 is 0 Å². The van der Waals surface area contributed by atoms with Crippen LogP contribution in [0.2, 0.25) is 0 Å². The lowest BCUT2D eigenvalue weighted by Crippen LogP contribution is -2.17. The number of anilines is 1. The highest BCUT2D eigenvalue weighted by Crippen LogP contribution is 2.38. The van der Waals surface area contributed by atoms with Gasteiger partial charge >= 0.3 is 0 Å². The van der Waals surface area contributed by atoms with E-state index < -0.39 is 0 Å². The highest BCUT2D eigenvalue weighted by atomic mass is 79.9. The first-order valence-electron chi connectivity index (χ1n) is 6.95. The van der Waals surface area contributed by atoms with Gasteiger partial charge in [0.2, 0.25) is 0 Å². The van der Waals surface area contributed by atoms with Gasteiger partial charge in [-0.15, -0.1) is 0 Å². The van der Waals surface area contributed by atoms with Gasteiger partial charge in [0.25, 0.3) is 0 Å². The number of halogens is 2. The molecule has 0 heterocycles. The maximum atomic E-state index is 3.71. The first kappa shape index (κ1) is 14.2. The Kier molecular flexibility index (Phi) is 4.18. The second-order valence-electron chi connectivity index (χ2n) is 5.39. The van der Waals surface area contributed by atoms with Crippen molar-refractivity contribution < 1.29 is 0 Å². The van der Waals surface area contributed by atoms with Gasteiger partial charge in [0.1, 0.15) is 0 Å². The Balaban J connectivity index is 1.94. The molecule has 20 heavy (non-hydrogen) atoms. The van der Waals surface area contributed by atoms with Crippen molar-refractivity contribution in [2.45, 2.75) is 32.2 Å². The molecule has 104 valence electrons. The third-order valence-corrected chi connectivity index (χ3v) is 5.13. The summed E-state index contributed by atoms with van der Waals surface area (Å²) in [6.07, 6.45) is 3.63. The molecule has 0 radical (unpaired) electrons. The summed E-state index contributed by atoms with van der Waals surface area (Å²) in [5, 5.41) is 3.71. The Bertz CT molecular complexity index is 614. The zero-order valence-electron chi connectivity index (χ0n) is 11.4. The molecule has 1 aliphatic carbocycles. The summed E-state index contributed by atoms with van der Waals surface area (Å²) in [7, 11) is 0. The number of aryl methyl sites for hydroxylation is 2. The van der Waals surface area contributed by atoms with E-state index in [-0.39, 0.29) is 0 Å². The van der Waals surface area contributed by atoms with Gasteiger partial charge in [0.05, 0.1) is 11.7 Å². The Hall–Kier alpha value is -0.800. The average Bonchev–Trinajstić information content (AvgIpc) is 2.43. The molecule has 0 aromatic heterocycles. The number of nitrogens with one attached hydrogen (secondary N) is 1. The highest BCUT2D eigenvalue weighted by Gasteiger charge is 2.21. The molecule has 2 aromatic carbocycles. The fourth-order valence-corrected chi connectivity index (χ4v) is 4.56. The van der Waals surface area contributed by atoms with Crippen LogP contribution in [-0.4, -0.2) is 0 Å². The molecule has 0 saturated carbocycles. The van der Waals surface area contributed by atoms with Crippen molar-refractivity contribution in [2.75, 3.05) is 5.32 Å². The van der Waals surface area contributed by atoms with Crippen LogP contribution in [0.5, 0.6) is 0 Å². The van der Waals surface area contributed by atoms with E-state index in [0.29, 0.717) is 6.04 Å². The van der Waals surface area contributed by atoms with E-state index in [9.17, 15) is 0 Å². The molecule has 1 nitrogen and oxygen atoms in total. The summed E-state index contributed by atoms with van der Waals surface area (Å²) in [6.45, 7) is 2.11. The smallest absolute Gasteiger partial charge is 0.0634 e. The van der Waals surface area contributed by atoms with Crippen molar-refractivity contribution in [3.8, 4) is 0 Å². The molecule has 1 aliphatic rings. The van der Waals surface area contributed by atoms with Crippen LogP contribution in [0.1, 0.15) is 35.6 Å². The van der Waals surface area contributed by atoms with Crippen molar-refractivity contribution in [1.29, 1.82) is 0 Å². The van der Waals surface area contributed by atoms with Crippen LogP contribution in [0, 0.1) is 6.92 Å². The van der Waals surface area contributed by atoms with E-state index in [2.05, 4.69) is 80.5 Å². The van der Waals surface area contributed by atoms with Gasteiger partial charge in [-0.2, -0.15) is 0 Å². The third-order valence-electron chi connectivity index (χ3n) is 3.87. The van der Waals surface area contributed by atoms with Gasteiger partial charge < -0.3 is 5.32 Å². The Morgan fingerprint density at radius 1 is 1.10 bits per heavy atom. The normalized spacial score (nSPS) is 17.6. The van der Waals surface area contributed by atoms with Crippen molar-refractivity contribution in [2.24, 2.45) is 0 Å². The summed E-state index contributed by atoms with van der Waals surface area (Å²) in [5.74, 6) is 0. The second kappa shape index (κ2) is 5.90. The summed E-state index contributed by atoms with van der Waals surface area (Å²) in [4.78, 5) is 0. The minimum Gasteiger partial charge on any atom is -0.376 e. The summed E-state index contributed by atoms with van der Waals surface area (Å²) < 4.78 is 2.24. The largest absolute Gasteiger partial charge is 0.376 e. The monoisotopic (exact) mass is 393 g/mol. The third kappa shape index (κ3) is 2.79. The summed E-state index contributed by atoms with van der Waals surface area (Å²) >= 11 is 7.34. The van der Waals surface area contributed by atoms with Gasteiger partial charge in [-0.25, -0.2) is 0 Å². The molecule has 0 bridgehead atoms. The molecule has 3 heteroatoms. The van der Waals surface area contributed by atoms with Crippen LogP contribution < -0.4 is 5.32 Å². The van der Waals surface area contributed by atoms with Gasteiger partial charge in [-0.1, -0.05) is 24.3 Å². The van der Waals surface area contributed by atoms with E-state index in [4.69, 9.17) is 0 Å². The lowest BCUT2D eigenvalue weighted by molar-refractivity contribution is 0.600. The number of fused-ring (bicyclic) bond motifs is 1. The molecule has 2 aromatic rings. The molecule has 0 amide bonds. The fourth-order valence-electron chi connectivity index (χ4n) is 2.92. The van der Waals surface area contributed by atoms with Gasteiger partial charge in [0.15, 0.2) is 0 Å². The molecular formula is C17H17Br2N. The van der Waals surface area contributed by atoms with Crippen molar-refractivity contribution in [3.63, 3.8) is 0 Å². The minimum atomic E-state index is 0.398. The Morgan fingerprint density at radius 3 is 2.55 bits per heavy atom. The van der Waals surface area contributed by atoms with Gasteiger partial charge in [0, 0.05) is 8.95 Å². The van der Waals surface area contributed by atoms with E-state index in [1.54, 1.807) is 0 Å². The lowest BCUT2D eigenvalue weighted by Gasteiger charge is -2.28. The molecule has 0 saturated heterocycles. The molecule has 1 N–H and O–H groups in total. The number of hydrogen-bond acceptors (Lipinski definition) is 1. The standard InChI is InChI=1S/C17H17Br2N/c1-11-9-14(18)17(15(19)10-11)20-16-8-4-6-12-5-2-3-7-13(12)16/h2-3,5,7,9-10,16,20H,4,6,8H2,1H3. The second-order valence-corrected chi connectivity index (χ2v) is 7.10. The number of hydrogen-bond donors (Lipinski definition) is 1. The van der Waals surface area contributed by atoms with Crippen LogP contribution in [0.3, 0.4) is 0 Å². The average molecular weight is 395 g/mol. The van der Waals surface area contributed by atoms with Gasteiger partial charge in [-0.3, -0.25) is 0 Å². The van der Waals surface area contributed by atoms with Crippen molar-refractivity contribution in [3.05, 3.63) is 62.0 Å². The number of benzene rings is 2. The molecule has 0 aliphatic heterocycles. The highest BCUT2D eigenvalue weighted by molar-refractivity contribution is 9.11. The Morgan fingerprint density at radius 2 is 1.80 bits per heavy atom. The first-order chi connectivity index (χ1) is 9.65. The van der Waals surface area contributed by atoms with Crippen LogP contribution in [0.25, 0.3) is 0 Å². The summed E-state index contributed by atoms with van der Waals surface area (Å²) in [5.41, 5.74) is 5.32. The predicted octanol–water partition coefficient (Wildman–Crippen LogP) is 6.01.